The van der Waals surface area contributed by atoms with Gasteiger partial charge in [-0.2, -0.15) is 0 Å². The summed E-state index contributed by atoms with van der Waals surface area (Å²) < 4.78 is 2.13. The second kappa shape index (κ2) is 6.99. The third-order valence-corrected chi connectivity index (χ3v) is 5.04. The number of benzene rings is 1. The quantitative estimate of drug-likeness (QED) is 0.883. The lowest BCUT2D eigenvalue weighted by Gasteiger charge is -2.20. The lowest BCUT2D eigenvalue weighted by Crippen LogP contribution is -2.19. The number of aromatic nitrogens is 2. The number of imidazole rings is 1. The minimum Gasteiger partial charge on any atom is -0.481 e. The maximum atomic E-state index is 11.7. The molecule has 1 aromatic carbocycles. The highest BCUT2D eigenvalue weighted by atomic mass is 16.4. The van der Waals surface area contributed by atoms with E-state index in [2.05, 4.69) is 21.7 Å². The van der Waals surface area contributed by atoms with Gasteiger partial charge in [0.2, 0.25) is 0 Å². The van der Waals surface area contributed by atoms with Gasteiger partial charge in [-0.25, -0.2) is 4.98 Å². The first kappa shape index (κ1) is 15.8. The van der Waals surface area contributed by atoms with Crippen molar-refractivity contribution in [3.8, 4) is 0 Å². The highest BCUT2D eigenvalue weighted by Crippen LogP contribution is 2.37. The zero-order valence-electron chi connectivity index (χ0n) is 13.6. The van der Waals surface area contributed by atoms with E-state index in [1.54, 1.807) is 0 Å². The molecule has 0 amide bonds. The van der Waals surface area contributed by atoms with Gasteiger partial charge in [0.25, 0.3) is 0 Å². The van der Waals surface area contributed by atoms with Crippen LogP contribution in [0.3, 0.4) is 0 Å². The Morgan fingerprint density at radius 1 is 1.30 bits per heavy atom. The fraction of sp³-hybridized carbons (Fsp3) is 0.474. The predicted molar refractivity (Wildman–Crippen MR) is 89.4 cm³/mol. The Labute approximate surface area is 137 Å². The number of carboxylic acid groups (broad SMARTS) is 1. The summed E-state index contributed by atoms with van der Waals surface area (Å²) in [4.78, 5) is 15.9. The Morgan fingerprint density at radius 3 is 2.57 bits per heavy atom. The van der Waals surface area contributed by atoms with E-state index in [-0.39, 0.29) is 5.92 Å². The molecule has 0 spiro atoms. The largest absolute Gasteiger partial charge is 0.481 e. The summed E-state index contributed by atoms with van der Waals surface area (Å²) in [5.74, 6) is 0.293. The van der Waals surface area contributed by atoms with Crippen LogP contribution in [-0.2, 0) is 17.8 Å². The van der Waals surface area contributed by atoms with Crippen LogP contribution in [0.25, 0.3) is 0 Å². The van der Waals surface area contributed by atoms with Crippen LogP contribution in [0.2, 0.25) is 0 Å². The molecule has 23 heavy (non-hydrogen) atoms. The summed E-state index contributed by atoms with van der Waals surface area (Å²) in [6, 6.07) is 8.17. The van der Waals surface area contributed by atoms with Crippen LogP contribution < -0.4 is 0 Å². The average molecular weight is 312 g/mol. The summed E-state index contributed by atoms with van der Waals surface area (Å²) in [7, 11) is 0. The SMILES string of the molecule is Cc1nccn1CCc1ccc(C(C(=O)O)C2CCCC2)cc1. The van der Waals surface area contributed by atoms with Gasteiger partial charge in [0.1, 0.15) is 5.82 Å². The fourth-order valence-electron chi connectivity index (χ4n) is 3.69. The highest BCUT2D eigenvalue weighted by molar-refractivity contribution is 5.76. The van der Waals surface area contributed by atoms with Crippen molar-refractivity contribution in [2.24, 2.45) is 5.92 Å². The Morgan fingerprint density at radius 2 is 2.00 bits per heavy atom. The third-order valence-electron chi connectivity index (χ3n) is 5.04. The molecule has 1 aliphatic carbocycles. The van der Waals surface area contributed by atoms with E-state index in [4.69, 9.17) is 0 Å². The maximum absolute atomic E-state index is 11.7. The van der Waals surface area contributed by atoms with E-state index >= 15 is 0 Å². The minimum absolute atomic E-state index is 0.298. The maximum Gasteiger partial charge on any atom is 0.311 e. The molecule has 0 aliphatic heterocycles. The Balaban J connectivity index is 1.68. The molecule has 1 N–H and O–H groups in total. The molecule has 0 radical (unpaired) electrons. The van der Waals surface area contributed by atoms with Gasteiger partial charge < -0.3 is 9.67 Å². The van der Waals surface area contributed by atoms with E-state index in [9.17, 15) is 9.90 Å². The summed E-state index contributed by atoms with van der Waals surface area (Å²) in [6.45, 7) is 2.90. The molecule has 2 aromatic rings. The van der Waals surface area contributed by atoms with Crippen LogP contribution in [0.15, 0.2) is 36.7 Å². The van der Waals surface area contributed by atoms with Crippen molar-refractivity contribution in [1.82, 2.24) is 9.55 Å². The van der Waals surface area contributed by atoms with E-state index in [0.29, 0.717) is 5.92 Å². The van der Waals surface area contributed by atoms with Gasteiger partial charge in [-0.3, -0.25) is 4.79 Å². The number of rotatable bonds is 6. The molecule has 4 heteroatoms. The summed E-state index contributed by atoms with van der Waals surface area (Å²) in [5, 5.41) is 9.61. The van der Waals surface area contributed by atoms with Gasteiger partial charge in [-0.05, 0) is 43.2 Å². The lowest BCUT2D eigenvalue weighted by molar-refractivity contribution is -0.140. The number of hydrogen-bond donors (Lipinski definition) is 1. The molecule has 1 heterocycles. The van der Waals surface area contributed by atoms with E-state index in [0.717, 1.165) is 50.0 Å². The van der Waals surface area contributed by atoms with Gasteiger partial charge >= 0.3 is 5.97 Å². The van der Waals surface area contributed by atoms with Crippen molar-refractivity contribution in [1.29, 1.82) is 0 Å². The molecule has 0 bridgehead atoms. The second-order valence-electron chi connectivity index (χ2n) is 6.52. The normalized spacial score (nSPS) is 16.6. The molecule has 122 valence electrons. The van der Waals surface area contributed by atoms with Crippen molar-refractivity contribution in [3.05, 3.63) is 53.6 Å². The molecular weight excluding hydrogens is 288 g/mol. The highest BCUT2D eigenvalue weighted by Gasteiger charge is 2.31. The first-order chi connectivity index (χ1) is 11.1. The number of nitrogens with zero attached hydrogens (tertiary/aromatic N) is 2. The van der Waals surface area contributed by atoms with Gasteiger partial charge in [0.05, 0.1) is 5.92 Å². The molecule has 1 atom stereocenters. The zero-order chi connectivity index (χ0) is 16.2. The van der Waals surface area contributed by atoms with Gasteiger partial charge in [0, 0.05) is 18.9 Å². The zero-order valence-corrected chi connectivity index (χ0v) is 13.6. The van der Waals surface area contributed by atoms with E-state index in [1.807, 2.05) is 31.5 Å². The molecule has 1 unspecified atom stereocenters. The first-order valence-corrected chi connectivity index (χ1v) is 8.44. The average Bonchev–Trinajstić information content (AvgIpc) is 3.18. The number of aliphatic carboxylic acids is 1. The smallest absolute Gasteiger partial charge is 0.311 e. The van der Waals surface area contributed by atoms with Gasteiger partial charge in [-0.15, -0.1) is 0 Å². The topological polar surface area (TPSA) is 55.1 Å². The Kier molecular flexibility index (Phi) is 4.79. The lowest BCUT2D eigenvalue weighted by atomic mass is 9.84. The summed E-state index contributed by atoms with van der Waals surface area (Å²) >= 11 is 0. The molecule has 1 aromatic heterocycles. The van der Waals surface area contributed by atoms with Crippen LogP contribution in [0.1, 0.15) is 48.6 Å². The van der Waals surface area contributed by atoms with E-state index < -0.39 is 5.97 Å². The molecule has 3 rings (SSSR count). The van der Waals surface area contributed by atoms with Crippen LogP contribution in [0.4, 0.5) is 0 Å². The fourth-order valence-corrected chi connectivity index (χ4v) is 3.69. The molecule has 1 aliphatic rings. The predicted octanol–water partition coefficient (Wildman–Crippen LogP) is 3.79. The van der Waals surface area contributed by atoms with Crippen molar-refractivity contribution in [2.75, 3.05) is 0 Å². The monoisotopic (exact) mass is 312 g/mol. The standard InChI is InChI=1S/C19H24N2O2/c1-14-20-11-13-21(14)12-10-15-6-8-17(9-7-15)18(19(22)23)16-4-2-3-5-16/h6-9,11,13,16,18H,2-5,10,12H2,1H3,(H,22,23). The summed E-state index contributed by atoms with van der Waals surface area (Å²) in [6.07, 6.45) is 9.14. The summed E-state index contributed by atoms with van der Waals surface area (Å²) in [5.41, 5.74) is 2.18. The number of hydrogen-bond acceptors (Lipinski definition) is 2. The van der Waals surface area contributed by atoms with Crippen molar-refractivity contribution in [3.63, 3.8) is 0 Å². The Bertz CT molecular complexity index is 654. The van der Waals surface area contributed by atoms with Crippen molar-refractivity contribution >= 4 is 5.97 Å². The molecule has 1 fully saturated rings. The van der Waals surface area contributed by atoms with E-state index in [1.165, 1.54) is 5.56 Å². The number of carbonyl (C=O) groups is 1. The van der Waals surface area contributed by atoms with Crippen LogP contribution in [0.5, 0.6) is 0 Å². The second-order valence-corrected chi connectivity index (χ2v) is 6.52. The van der Waals surface area contributed by atoms with Crippen LogP contribution in [-0.4, -0.2) is 20.6 Å². The number of aryl methyl sites for hydroxylation is 3. The first-order valence-electron chi connectivity index (χ1n) is 8.44. The van der Waals surface area contributed by atoms with Crippen LogP contribution in [0, 0.1) is 12.8 Å². The van der Waals surface area contributed by atoms with Gasteiger partial charge in [-0.1, -0.05) is 37.1 Å². The molecule has 4 nitrogen and oxygen atoms in total. The molecule has 1 saturated carbocycles. The third kappa shape index (κ3) is 3.63. The van der Waals surface area contributed by atoms with Crippen molar-refractivity contribution < 1.29 is 9.90 Å². The molecule has 0 saturated heterocycles. The van der Waals surface area contributed by atoms with Crippen molar-refractivity contribution in [2.45, 2.75) is 51.5 Å². The minimum atomic E-state index is -0.682. The number of carboxylic acids is 1. The Hall–Kier alpha value is -2.10. The van der Waals surface area contributed by atoms with Crippen LogP contribution >= 0.6 is 0 Å². The van der Waals surface area contributed by atoms with Gasteiger partial charge in [0.15, 0.2) is 0 Å². The molecular formula is C19H24N2O2.